The number of methoxy groups -OCH3 is 1. The van der Waals surface area contributed by atoms with E-state index in [1.807, 2.05) is 73.8 Å². The summed E-state index contributed by atoms with van der Waals surface area (Å²) in [5.41, 5.74) is 5.49. The van der Waals surface area contributed by atoms with Gasteiger partial charge in [0.2, 0.25) is 0 Å². The van der Waals surface area contributed by atoms with Gasteiger partial charge in [0.15, 0.2) is 0 Å². The second kappa shape index (κ2) is 8.37. The van der Waals surface area contributed by atoms with Gasteiger partial charge in [0.1, 0.15) is 5.75 Å². The standard InChI is InChI=1S/C26H24N2O2/c1-18-8-4-5-9-20(18)17-28(2)26(29)23-16-25(19-12-14-21(30-3)15-13-19)27-24-11-7-6-10-22(23)24/h4-16H,17H2,1-3H3. The van der Waals surface area contributed by atoms with Gasteiger partial charge in [0.25, 0.3) is 5.91 Å². The van der Waals surface area contributed by atoms with Crippen LogP contribution in [-0.4, -0.2) is 29.9 Å². The van der Waals surface area contributed by atoms with Crippen LogP contribution in [0.2, 0.25) is 0 Å². The Bertz CT molecular complexity index is 1200. The molecule has 0 atom stereocenters. The van der Waals surface area contributed by atoms with Gasteiger partial charge in [-0.05, 0) is 54.4 Å². The first-order valence-corrected chi connectivity index (χ1v) is 9.91. The third-order valence-electron chi connectivity index (χ3n) is 5.35. The van der Waals surface area contributed by atoms with Crippen molar-refractivity contribution in [2.24, 2.45) is 0 Å². The van der Waals surface area contributed by atoms with Gasteiger partial charge < -0.3 is 9.64 Å². The van der Waals surface area contributed by atoms with Gasteiger partial charge in [-0.3, -0.25) is 4.79 Å². The highest BCUT2D eigenvalue weighted by atomic mass is 16.5. The fraction of sp³-hybridized carbons (Fsp3) is 0.154. The van der Waals surface area contributed by atoms with E-state index in [2.05, 4.69) is 19.1 Å². The number of benzene rings is 3. The predicted octanol–water partition coefficient (Wildman–Crippen LogP) is 5.49. The van der Waals surface area contributed by atoms with E-state index in [1.54, 1.807) is 12.0 Å². The molecule has 0 N–H and O–H groups in total. The number of aromatic nitrogens is 1. The number of aryl methyl sites for hydroxylation is 1. The number of hydrogen-bond donors (Lipinski definition) is 0. The molecule has 0 radical (unpaired) electrons. The number of pyridine rings is 1. The second-order valence-electron chi connectivity index (χ2n) is 7.39. The quantitative estimate of drug-likeness (QED) is 0.448. The monoisotopic (exact) mass is 396 g/mol. The number of rotatable bonds is 5. The summed E-state index contributed by atoms with van der Waals surface area (Å²) in [7, 11) is 3.49. The Labute approximate surface area is 176 Å². The maximum Gasteiger partial charge on any atom is 0.254 e. The summed E-state index contributed by atoms with van der Waals surface area (Å²) >= 11 is 0. The number of carbonyl (C=O) groups is 1. The van der Waals surface area contributed by atoms with Crippen LogP contribution in [0.15, 0.2) is 78.9 Å². The highest BCUT2D eigenvalue weighted by Crippen LogP contribution is 2.27. The molecule has 0 aliphatic rings. The average molecular weight is 396 g/mol. The molecule has 1 amide bonds. The molecule has 150 valence electrons. The van der Waals surface area contributed by atoms with Crippen LogP contribution >= 0.6 is 0 Å². The minimum absolute atomic E-state index is 0.0217. The first-order chi connectivity index (χ1) is 14.6. The minimum Gasteiger partial charge on any atom is -0.497 e. The van der Waals surface area contributed by atoms with Crippen molar-refractivity contribution in [1.29, 1.82) is 0 Å². The number of nitrogens with zero attached hydrogens (tertiary/aromatic N) is 2. The number of amides is 1. The molecule has 4 aromatic rings. The van der Waals surface area contributed by atoms with Gasteiger partial charge in [0, 0.05) is 24.5 Å². The van der Waals surface area contributed by atoms with Crippen molar-refractivity contribution >= 4 is 16.8 Å². The van der Waals surface area contributed by atoms with E-state index in [9.17, 15) is 4.79 Å². The van der Waals surface area contributed by atoms with Crippen molar-refractivity contribution in [3.63, 3.8) is 0 Å². The highest BCUT2D eigenvalue weighted by Gasteiger charge is 2.18. The van der Waals surface area contributed by atoms with E-state index in [-0.39, 0.29) is 5.91 Å². The number of carbonyl (C=O) groups excluding carboxylic acids is 1. The van der Waals surface area contributed by atoms with Gasteiger partial charge in [-0.15, -0.1) is 0 Å². The largest absolute Gasteiger partial charge is 0.497 e. The Morgan fingerprint density at radius 2 is 1.67 bits per heavy atom. The number of ether oxygens (including phenoxy) is 1. The summed E-state index contributed by atoms with van der Waals surface area (Å²) in [6.45, 7) is 2.62. The smallest absolute Gasteiger partial charge is 0.254 e. The molecule has 1 heterocycles. The molecule has 0 spiro atoms. The Morgan fingerprint density at radius 1 is 0.967 bits per heavy atom. The number of hydrogen-bond acceptors (Lipinski definition) is 3. The first kappa shape index (κ1) is 19.6. The van der Waals surface area contributed by atoms with Crippen molar-refractivity contribution in [3.8, 4) is 17.0 Å². The molecular weight excluding hydrogens is 372 g/mol. The maximum absolute atomic E-state index is 13.4. The molecule has 0 fully saturated rings. The van der Waals surface area contributed by atoms with Gasteiger partial charge in [-0.2, -0.15) is 0 Å². The molecule has 0 aliphatic carbocycles. The number of fused-ring (bicyclic) bond motifs is 1. The lowest BCUT2D eigenvalue weighted by atomic mass is 10.0. The Morgan fingerprint density at radius 3 is 2.40 bits per heavy atom. The van der Waals surface area contributed by atoms with E-state index in [0.717, 1.165) is 33.5 Å². The summed E-state index contributed by atoms with van der Waals surface area (Å²) in [5.74, 6) is 0.764. The zero-order chi connectivity index (χ0) is 21.1. The third kappa shape index (κ3) is 3.90. The third-order valence-corrected chi connectivity index (χ3v) is 5.35. The van der Waals surface area contributed by atoms with Crippen LogP contribution in [0.25, 0.3) is 22.2 Å². The van der Waals surface area contributed by atoms with Crippen LogP contribution < -0.4 is 4.74 Å². The van der Waals surface area contributed by atoms with Crippen LogP contribution in [0.1, 0.15) is 21.5 Å². The van der Waals surface area contributed by atoms with Crippen LogP contribution in [0, 0.1) is 6.92 Å². The van der Waals surface area contributed by atoms with Crippen molar-refractivity contribution in [3.05, 3.63) is 95.6 Å². The van der Waals surface area contributed by atoms with Gasteiger partial charge in [-0.1, -0.05) is 42.5 Å². The lowest BCUT2D eigenvalue weighted by molar-refractivity contribution is 0.0787. The van der Waals surface area contributed by atoms with E-state index in [1.165, 1.54) is 5.56 Å². The summed E-state index contributed by atoms with van der Waals surface area (Å²) < 4.78 is 5.25. The zero-order valence-electron chi connectivity index (χ0n) is 17.4. The lowest BCUT2D eigenvalue weighted by Crippen LogP contribution is -2.27. The summed E-state index contributed by atoms with van der Waals surface area (Å²) in [6, 6.07) is 25.5. The fourth-order valence-corrected chi connectivity index (χ4v) is 3.58. The van der Waals surface area contributed by atoms with Crippen LogP contribution in [-0.2, 0) is 6.54 Å². The molecule has 3 aromatic carbocycles. The second-order valence-corrected chi connectivity index (χ2v) is 7.39. The maximum atomic E-state index is 13.4. The van der Waals surface area contributed by atoms with Crippen molar-refractivity contribution in [2.75, 3.05) is 14.2 Å². The average Bonchev–Trinajstić information content (AvgIpc) is 2.79. The topological polar surface area (TPSA) is 42.4 Å². The van der Waals surface area contributed by atoms with Crippen molar-refractivity contribution < 1.29 is 9.53 Å². The predicted molar refractivity (Wildman–Crippen MR) is 121 cm³/mol. The van der Waals surface area contributed by atoms with Gasteiger partial charge in [-0.25, -0.2) is 4.98 Å². The molecule has 0 saturated heterocycles. The molecule has 4 nitrogen and oxygen atoms in total. The van der Waals surface area contributed by atoms with Crippen molar-refractivity contribution in [1.82, 2.24) is 9.88 Å². The van der Waals surface area contributed by atoms with Crippen LogP contribution in [0.5, 0.6) is 5.75 Å². The SMILES string of the molecule is COc1ccc(-c2cc(C(=O)N(C)Cc3ccccc3C)c3ccccc3n2)cc1. The lowest BCUT2D eigenvalue weighted by Gasteiger charge is -2.20. The molecule has 0 aliphatic heterocycles. The number of para-hydroxylation sites is 1. The molecule has 4 rings (SSSR count). The molecule has 0 bridgehead atoms. The van der Waals surface area contributed by atoms with E-state index < -0.39 is 0 Å². The molecule has 0 saturated carbocycles. The summed E-state index contributed by atoms with van der Waals surface area (Å²) in [6.07, 6.45) is 0. The molecule has 4 heteroatoms. The van der Waals surface area contributed by atoms with E-state index in [0.29, 0.717) is 12.1 Å². The fourth-order valence-electron chi connectivity index (χ4n) is 3.58. The normalized spacial score (nSPS) is 10.8. The zero-order valence-corrected chi connectivity index (χ0v) is 17.4. The first-order valence-electron chi connectivity index (χ1n) is 9.91. The van der Waals surface area contributed by atoms with Crippen LogP contribution in [0.3, 0.4) is 0 Å². The summed E-state index contributed by atoms with van der Waals surface area (Å²) in [5, 5.41) is 0.858. The summed E-state index contributed by atoms with van der Waals surface area (Å²) in [4.78, 5) is 20.0. The van der Waals surface area contributed by atoms with E-state index in [4.69, 9.17) is 9.72 Å². The van der Waals surface area contributed by atoms with E-state index >= 15 is 0 Å². The molecule has 0 unspecified atom stereocenters. The highest BCUT2D eigenvalue weighted by molar-refractivity contribution is 6.07. The Balaban J connectivity index is 1.74. The van der Waals surface area contributed by atoms with Crippen LogP contribution in [0.4, 0.5) is 0 Å². The van der Waals surface area contributed by atoms with Crippen molar-refractivity contribution in [2.45, 2.75) is 13.5 Å². The molecule has 1 aromatic heterocycles. The minimum atomic E-state index is -0.0217. The molecule has 30 heavy (non-hydrogen) atoms. The molecular formula is C26H24N2O2. The van der Waals surface area contributed by atoms with Gasteiger partial charge >= 0.3 is 0 Å². The Kier molecular flexibility index (Phi) is 5.48. The Hall–Kier alpha value is -3.66. The van der Waals surface area contributed by atoms with Gasteiger partial charge in [0.05, 0.1) is 23.9 Å².